The maximum Gasteiger partial charge on any atom is 0.422 e. The highest BCUT2D eigenvalue weighted by Crippen LogP contribution is 2.26. The van der Waals surface area contributed by atoms with Crippen molar-refractivity contribution in [3.63, 3.8) is 0 Å². The molecule has 1 unspecified atom stereocenters. The van der Waals surface area contributed by atoms with Crippen molar-refractivity contribution in [3.8, 4) is 5.75 Å². The molecule has 0 fully saturated rings. The molecule has 2 heterocycles. The maximum atomic E-state index is 13.0. The number of halogens is 3. The molecule has 0 aliphatic rings. The molecule has 0 aliphatic carbocycles. The Balaban J connectivity index is 1.87. The summed E-state index contributed by atoms with van der Waals surface area (Å²) in [6.45, 7) is 2.92. The number of ether oxygens (including phenoxy) is 1. The number of alkyl halides is 3. The molecular weight excluding hydrogens is 391 g/mol. The Morgan fingerprint density at radius 3 is 2.68 bits per heavy atom. The number of imidazole rings is 1. The van der Waals surface area contributed by atoms with Gasteiger partial charge in [0.05, 0.1) is 33.3 Å². The molecule has 1 aromatic carbocycles. The summed E-state index contributed by atoms with van der Waals surface area (Å²) >= 11 is 0. The smallest absolute Gasteiger partial charge is 0.422 e. The fraction of sp³-hybridized carbons (Fsp3) is 0.368. The summed E-state index contributed by atoms with van der Waals surface area (Å²) in [4.78, 5) is 8.69. The van der Waals surface area contributed by atoms with E-state index < -0.39 is 23.6 Å². The van der Waals surface area contributed by atoms with Gasteiger partial charge in [-0.25, -0.2) is 4.98 Å². The first-order chi connectivity index (χ1) is 13.3. The van der Waals surface area contributed by atoms with Crippen LogP contribution in [0.25, 0.3) is 11.0 Å². The van der Waals surface area contributed by atoms with Gasteiger partial charge in [-0.3, -0.25) is 9.19 Å². The first-order valence-corrected chi connectivity index (χ1v) is 10.1. The minimum atomic E-state index is -4.43. The normalized spacial score (nSPS) is 13.0. The second-order valence-electron chi connectivity index (χ2n) is 6.31. The van der Waals surface area contributed by atoms with Crippen molar-refractivity contribution in [1.29, 1.82) is 0 Å². The average molecular weight is 411 g/mol. The molecule has 0 bridgehead atoms. The molecule has 0 radical (unpaired) electrons. The molecule has 0 spiro atoms. The van der Waals surface area contributed by atoms with Gasteiger partial charge in [0.2, 0.25) is 0 Å². The standard InChI is InChI=1S/C19H20F3N3O2S/c1-3-10-25-16-7-5-4-6-14(16)24-18(25)28(26)11-15-13(2)17(8-9-23-15)27-12-19(20,21)22/h4-9H,3,10-12H2,1-2H3. The molecule has 5 nitrogen and oxygen atoms in total. The number of aromatic nitrogens is 3. The minimum Gasteiger partial charge on any atom is -0.484 e. The van der Waals surface area contributed by atoms with Crippen molar-refractivity contribution in [2.75, 3.05) is 6.61 Å². The molecule has 0 saturated heterocycles. The van der Waals surface area contributed by atoms with Crippen molar-refractivity contribution < 1.29 is 22.1 Å². The Hall–Kier alpha value is -2.42. The molecule has 28 heavy (non-hydrogen) atoms. The zero-order valence-electron chi connectivity index (χ0n) is 15.5. The van der Waals surface area contributed by atoms with Gasteiger partial charge in [0.15, 0.2) is 11.8 Å². The van der Waals surface area contributed by atoms with Crippen LogP contribution in [0.15, 0.2) is 41.7 Å². The number of nitrogens with zero attached hydrogens (tertiary/aromatic N) is 3. The van der Waals surface area contributed by atoms with E-state index in [2.05, 4.69) is 9.97 Å². The summed E-state index contributed by atoms with van der Waals surface area (Å²) < 4.78 is 57.1. The van der Waals surface area contributed by atoms with E-state index in [4.69, 9.17) is 4.74 Å². The van der Waals surface area contributed by atoms with E-state index in [0.717, 1.165) is 17.5 Å². The van der Waals surface area contributed by atoms with Crippen LogP contribution in [0.1, 0.15) is 24.6 Å². The van der Waals surface area contributed by atoms with Gasteiger partial charge in [-0.2, -0.15) is 13.2 Å². The third-order valence-corrected chi connectivity index (χ3v) is 5.44. The van der Waals surface area contributed by atoms with Crippen LogP contribution in [0.4, 0.5) is 13.2 Å². The lowest BCUT2D eigenvalue weighted by atomic mass is 10.2. The predicted octanol–water partition coefficient (Wildman–Crippen LogP) is 4.40. The third-order valence-electron chi connectivity index (χ3n) is 4.19. The molecule has 3 aromatic rings. The van der Waals surface area contributed by atoms with Crippen LogP contribution in [0.5, 0.6) is 5.75 Å². The number of hydrogen-bond donors (Lipinski definition) is 0. The summed E-state index contributed by atoms with van der Waals surface area (Å²) in [6, 6.07) is 8.92. The highest BCUT2D eigenvalue weighted by molar-refractivity contribution is 7.84. The second kappa shape index (κ2) is 8.30. The highest BCUT2D eigenvalue weighted by atomic mass is 32.2. The van der Waals surface area contributed by atoms with Crippen LogP contribution in [-0.4, -0.2) is 31.5 Å². The van der Waals surface area contributed by atoms with Crippen LogP contribution in [-0.2, 0) is 23.1 Å². The van der Waals surface area contributed by atoms with Gasteiger partial charge < -0.3 is 9.30 Å². The third kappa shape index (κ3) is 4.52. The molecule has 0 saturated carbocycles. The lowest BCUT2D eigenvalue weighted by Gasteiger charge is -2.13. The maximum absolute atomic E-state index is 13.0. The summed E-state index contributed by atoms with van der Waals surface area (Å²) in [7, 11) is -1.51. The van der Waals surface area contributed by atoms with E-state index in [0.29, 0.717) is 23.0 Å². The van der Waals surface area contributed by atoms with Crippen molar-refractivity contribution in [2.45, 2.75) is 43.9 Å². The quantitative estimate of drug-likeness (QED) is 0.578. The zero-order chi connectivity index (χ0) is 20.3. The number of hydrogen-bond acceptors (Lipinski definition) is 4. The number of para-hydroxylation sites is 2. The van der Waals surface area contributed by atoms with E-state index in [1.54, 1.807) is 6.92 Å². The van der Waals surface area contributed by atoms with E-state index in [9.17, 15) is 17.4 Å². The van der Waals surface area contributed by atoms with Gasteiger partial charge in [0.1, 0.15) is 5.75 Å². The Morgan fingerprint density at radius 1 is 1.21 bits per heavy atom. The van der Waals surface area contributed by atoms with Crippen LogP contribution in [0.3, 0.4) is 0 Å². The summed E-state index contributed by atoms with van der Waals surface area (Å²) in [5, 5.41) is 0.436. The Morgan fingerprint density at radius 2 is 1.96 bits per heavy atom. The van der Waals surface area contributed by atoms with Gasteiger partial charge in [-0.15, -0.1) is 0 Å². The Kier molecular flexibility index (Phi) is 6.02. The van der Waals surface area contributed by atoms with Crippen molar-refractivity contribution >= 4 is 21.8 Å². The van der Waals surface area contributed by atoms with E-state index in [1.165, 1.54) is 12.3 Å². The Bertz CT molecular complexity index is 1000. The van der Waals surface area contributed by atoms with Crippen molar-refractivity contribution in [1.82, 2.24) is 14.5 Å². The lowest BCUT2D eigenvalue weighted by molar-refractivity contribution is -0.153. The number of rotatable bonds is 7. The lowest BCUT2D eigenvalue weighted by Crippen LogP contribution is -2.20. The van der Waals surface area contributed by atoms with E-state index in [1.807, 2.05) is 35.8 Å². The number of fused-ring (bicyclic) bond motifs is 1. The highest BCUT2D eigenvalue weighted by Gasteiger charge is 2.29. The molecule has 0 aliphatic heterocycles. The molecule has 0 amide bonds. The molecule has 3 rings (SSSR count). The predicted molar refractivity (Wildman–Crippen MR) is 101 cm³/mol. The fourth-order valence-corrected chi connectivity index (χ4v) is 4.18. The van der Waals surface area contributed by atoms with E-state index in [-0.39, 0.29) is 11.5 Å². The van der Waals surface area contributed by atoms with Crippen LogP contribution in [0, 0.1) is 6.92 Å². The van der Waals surface area contributed by atoms with Crippen LogP contribution < -0.4 is 4.74 Å². The molecule has 9 heteroatoms. The number of benzene rings is 1. The molecule has 150 valence electrons. The van der Waals surface area contributed by atoms with Gasteiger partial charge in [0, 0.05) is 18.3 Å². The summed E-state index contributed by atoms with van der Waals surface area (Å²) in [5.74, 6) is 0.128. The van der Waals surface area contributed by atoms with Gasteiger partial charge in [-0.1, -0.05) is 19.1 Å². The molecule has 1 atom stereocenters. The van der Waals surface area contributed by atoms with Crippen molar-refractivity contribution in [3.05, 3.63) is 47.8 Å². The summed E-state index contributed by atoms with van der Waals surface area (Å²) in [6.07, 6.45) is -2.22. The number of pyridine rings is 1. The monoisotopic (exact) mass is 411 g/mol. The van der Waals surface area contributed by atoms with E-state index >= 15 is 0 Å². The second-order valence-corrected chi connectivity index (χ2v) is 7.65. The van der Waals surface area contributed by atoms with Crippen LogP contribution in [0.2, 0.25) is 0 Å². The average Bonchev–Trinajstić information content (AvgIpc) is 3.01. The van der Waals surface area contributed by atoms with Gasteiger partial charge in [0.25, 0.3) is 0 Å². The molecule has 2 aromatic heterocycles. The van der Waals surface area contributed by atoms with Gasteiger partial charge in [-0.05, 0) is 31.5 Å². The summed E-state index contributed by atoms with van der Waals surface area (Å²) in [5.41, 5.74) is 2.53. The van der Waals surface area contributed by atoms with Crippen molar-refractivity contribution in [2.24, 2.45) is 0 Å². The Labute approximate surface area is 163 Å². The fourth-order valence-electron chi connectivity index (χ4n) is 2.88. The SMILES string of the molecule is CCCn1c(S(=O)Cc2nccc(OCC(F)(F)F)c2C)nc2ccccc21. The first-order valence-electron chi connectivity index (χ1n) is 8.78. The first kappa shape index (κ1) is 20.3. The largest absolute Gasteiger partial charge is 0.484 e. The molecule has 0 N–H and O–H groups in total. The topological polar surface area (TPSA) is 57.0 Å². The van der Waals surface area contributed by atoms with Gasteiger partial charge >= 0.3 is 6.18 Å². The number of aryl methyl sites for hydroxylation is 1. The molecular formula is C19H20F3N3O2S. The zero-order valence-corrected chi connectivity index (χ0v) is 16.3. The minimum absolute atomic E-state index is 0.0437. The van der Waals surface area contributed by atoms with Crippen LogP contribution >= 0.6 is 0 Å².